The molecule has 20 heavy (non-hydrogen) atoms. The van der Waals surface area contributed by atoms with Gasteiger partial charge in [0, 0.05) is 30.9 Å². The fourth-order valence-corrected chi connectivity index (χ4v) is 2.80. The topological polar surface area (TPSA) is 53.4 Å². The molecule has 0 radical (unpaired) electrons. The van der Waals surface area contributed by atoms with Crippen molar-refractivity contribution in [2.75, 3.05) is 11.9 Å². The summed E-state index contributed by atoms with van der Waals surface area (Å²) in [5.41, 5.74) is 0.857. The number of hydrogen-bond acceptors (Lipinski definition) is 3. The lowest BCUT2D eigenvalue weighted by Gasteiger charge is -2.35. The number of carbonyl (C=O) groups is 1. The summed E-state index contributed by atoms with van der Waals surface area (Å²) >= 11 is 0. The van der Waals surface area contributed by atoms with E-state index >= 15 is 0 Å². The summed E-state index contributed by atoms with van der Waals surface area (Å²) in [6, 6.07) is 4.24. The molecule has 1 heterocycles. The number of nitrogens with zero attached hydrogens (tertiary/aromatic N) is 2. The first kappa shape index (κ1) is 14.6. The molecule has 1 aliphatic rings. The van der Waals surface area contributed by atoms with E-state index in [1.807, 2.05) is 12.1 Å². The zero-order chi connectivity index (χ0) is 14.5. The van der Waals surface area contributed by atoms with Crippen LogP contribution in [0, 0.1) is 5.92 Å². The molecule has 4 nitrogen and oxygen atoms in total. The Morgan fingerprint density at radius 2 is 2.10 bits per heavy atom. The molecule has 1 aliphatic carbocycles. The fraction of sp³-hybridized carbons (Fsp3) is 0.500. The molecule has 1 saturated carbocycles. The van der Waals surface area contributed by atoms with Gasteiger partial charge < -0.3 is 10.0 Å². The van der Waals surface area contributed by atoms with E-state index in [-0.39, 0.29) is 0 Å². The number of pyridine rings is 1. The smallest absolute Gasteiger partial charge is 0.328 e. The molecule has 0 spiro atoms. The van der Waals surface area contributed by atoms with E-state index in [0.29, 0.717) is 6.04 Å². The van der Waals surface area contributed by atoms with Crippen LogP contribution in [0.15, 0.2) is 24.4 Å². The lowest BCUT2D eigenvalue weighted by Crippen LogP contribution is -2.35. The average Bonchev–Trinajstić information content (AvgIpc) is 2.45. The lowest BCUT2D eigenvalue weighted by atomic mass is 9.86. The van der Waals surface area contributed by atoms with Gasteiger partial charge in [-0.1, -0.05) is 6.92 Å². The van der Waals surface area contributed by atoms with Crippen LogP contribution in [0.25, 0.3) is 6.08 Å². The van der Waals surface area contributed by atoms with E-state index < -0.39 is 5.97 Å². The van der Waals surface area contributed by atoms with Crippen molar-refractivity contribution < 1.29 is 9.90 Å². The number of aromatic nitrogens is 1. The van der Waals surface area contributed by atoms with E-state index in [2.05, 4.69) is 23.9 Å². The molecule has 0 aliphatic heterocycles. The second-order valence-corrected chi connectivity index (χ2v) is 5.61. The Hall–Kier alpha value is -1.84. The summed E-state index contributed by atoms with van der Waals surface area (Å²) in [4.78, 5) is 17.3. The first-order valence-electron chi connectivity index (χ1n) is 7.16. The number of rotatable bonds is 4. The van der Waals surface area contributed by atoms with Crippen molar-refractivity contribution in [3.63, 3.8) is 0 Å². The summed E-state index contributed by atoms with van der Waals surface area (Å²) in [7, 11) is 2.06. The van der Waals surface area contributed by atoms with Crippen molar-refractivity contribution in [1.29, 1.82) is 0 Å². The first-order valence-corrected chi connectivity index (χ1v) is 7.16. The second-order valence-electron chi connectivity index (χ2n) is 5.61. The predicted molar refractivity (Wildman–Crippen MR) is 80.7 cm³/mol. The zero-order valence-corrected chi connectivity index (χ0v) is 12.1. The van der Waals surface area contributed by atoms with Gasteiger partial charge in [0.1, 0.15) is 5.82 Å². The monoisotopic (exact) mass is 274 g/mol. The standard InChI is InChI=1S/C16H22N2O2/c1-12-5-8-14(9-6-12)18(2)16-13(4-3-11-17-16)7-10-15(19)20/h3-4,7,10-12,14H,5-6,8-9H2,1-2H3,(H,19,20)/b10-7+. The van der Waals surface area contributed by atoms with Gasteiger partial charge in [0.05, 0.1) is 0 Å². The minimum absolute atomic E-state index is 0.498. The van der Waals surface area contributed by atoms with Crippen LogP contribution < -0.4 is 4.90 Å². The Morgan fingerprint density at radius 1 is 1.40 bits per heavy atom. The number of anilines is 1. The summed E-state index contributed by atoms with van der Waals surface area (Å²) in [5, 5.41) is 8.76. The van der Waals surface area contributed by atoms with Gasteiger partial charge in [-0.3, -0.25) is 0 Å². The molecule has 1 aromatic rings. The van der Waals surface area contributed by atoms with Crippen LogP contribution in [-0.2, 0) is 4.79 Å². The van der Waals surface area contributed by atoms with Gasteiger partial charge in [0.2, 0.25) is 0 Å². The van der Waals surface area contributed by atoms with Crippen LogP contribution in [0.5, 0.6) is 0 Å². The van der Waals surface area contributed by atoms with Crippen LogP contribution in [0.1, 0.15) is 38.2 Å². The largest absolute Gasteiger partial charge is 0.478 e. The van der Waals surface area contributed by atoms with Gasteiger partial charge in [0.15, 0.2) is 0 Å². The molecule has 0 saturated heterocycles. The number of carboxylic acids is 1. The van der Waals surface area contributed by atoms with Crippen molar-refractivity contribution in [1.82, 2.24) is 4.98 Å². The van der Waals surface area contributed by atoms with Crippen LogP contribution >= 0.6 is 0 Å². The van der Waals surface area contributed by atoms with Crippen LogP contribution in [-0.4, -0.2) is 29.1 Å². The van der Waals surface area contributed by atoms with Crippen molar-refractivity contribution in [2.45, 2.75) is 38.6 Å². The molecule has 0 atom stereocenters. The third-order valence-electron chi connectivity index (χ3n) is 4.09. The molecular formula is C16H22N2O2. The zero-order valence-electron chi connectivity index (χ0n) is 12.1. The third kappa shape index (κ3) is 3.59. The molecule has 2 rings (SSSR count). The number of carboxylic acid groups (broad SMARTS) is 1. The summed E-state index contributed by atoms with van der Waals surface area (Å²) in [6.45, 7) is 2.30. The van der Waals surface area contributed by atoms with E-state index in [4.69, 9.17) is 5.11 Å². The maximum Gasteiger partial charge on any atom is 0.328 e. The van der Waals surface area contributed by atoms with Gasteiger partial charge in [-0.05, 0) is 49.8 Å². The van der Waals surface area contributed by atoms with Gasteiger partial charge in [-0.25, -0.2) is 9.78 Å². The Balaban J connectivity index is 2.17. The second kappa shape index (κ2) is 6.55. The summed E-state index contributed by atoms with van der Waals surface area (Å²) < 4.78 is 0. The van der Waals surface area contributed by atoms with Crippen LogP contribution in [0.3, 0.4) is 0 Å². The van der Waals surface area contributed by atoms with Crippen molar-refractivity contribution in [2.24, 2.45) is 5.92 Å². The molecule has 1 fully saturated rings. The summed E-state index contributed by atoms with van der Waals surface area (Å²) in [5.74, 6) is 0.744. The van der Waals surface area contributed by atoms with Gasteiger partial charge >= 0.3 is 5.97 Å². The number of aliphatic carboxylic acids is 1. The molecule has 0 bridgehead atoms. The number of hydrogen-bond donors (Lipinski definition) is 1. The highest BCUT2D eigenvalue weighted by atomic mass is 16.4. The molecule has 0 unspecified atom stereocenters. The van der Waals surface area contributed by atoms with Crippen LogP contribution in [0.4, 0.5) is 5.82 Å². The fourth-order valence-electron chi connectivity index (χ4n) is 2.80. The van der Waals surface area contributed by atoms with Crippen LogP contribution in [0.2, 0.25) is 0 Å². The van der Waals surface area contributed by atoms with E-state index in [1.54, 1.807) is 12.3 Å². The quantitative estimate of drug-likeness (QED) is 0.857. The normalized spacial score (nSPS) is 22.9. The van der Waals surface area contributed by atoms with Gasteiger partial charge in [-0.15, -0.1) is 0 Å². The molecular weight excluding hydrogens is 252 g/mol. The SMILES string of the molecule is CC1CCC(N(C)c2ncccc2/C=C/C(=O)O)CC1. The van der Waals surface area contributed by atoms with E-state index in [0.717, 1.165) is 23.4 Å². The highest BCUT2D eigenvalue weighted by Gasteiger charge is 2.23. The van der Waals surface area contributed by atoms with Crippen molar-refractivity contribution >= 4 is 17.9 Å². The Labute approximate surface area is 120 Å². The van der Waals surface area contributed by atoms with Crippen molar-refractivity contribution in [3.05, 3.63) is 30.0 Å². The lowest BCUT2D eigenvalue weighted by molar-refractivity contribution is -0.131. The molecule has 1 aromatic heterocycles. The molecule has 0 amide bonds. The Morgan fingerprint density at radius 3 is 2.75 bits per heavy atom. The van der Waals surface area contributed by atoms with Gasteiger partial charge in [0.25, 0.3) is 0 Å². The van der Waals surface area contributed by atoms with Gasteiger partial charge in [-0.2, -0.15) is 0 Å². The van der Waals surface area contributed by atoms with E-state index in [9.17, 15) is 4.79 Å². The van der Waals surface area contributed by atoms with E-state index in [1.165, 1.54) is 25.7 Å². The third-order valence-corrected chi connectivity index (χ3v) is 4.09. The predicted octanol–water partition coefficient (Wildman–Crippen LogP) is 3.19. The molecule has 108 valence electrons. The summed E-state index contributed by atoms with van der Waals surface area (Å²) in [6.07, 6.45) is 9.40. The highest BCUT2D eigenvalue weighted by molar-refractivity contribution is 5.86. The molecule has 1 N–H and O–H groups in total. The minimum Gasteiger partial charge on any atom is -0.478 e. The first-order chi connectivity index (χ1) is 9.58. The van der Waals surface area contributed by atoms with Crippen molar-refractivity contribution in [3.8, 4) is 0 Å². The average molecular weight is 274 g/mol. The molecule has 0 aromatic carbocycles. The Kier molecular flexibility index (Phi) is 4.77. The Bertz CT molecular complexity index is 491. The maximum atomic E-state index is 10.7. The maximum absolute atomic E-state index is 10.7. The highest BCUT2D eigenvalue weighted by Crippen LogP contribution is 2.30. The minimum atomic E-state index is -0.936. The molecule has 4 heteroatoms.